The molecule has 0 fully saturated rings. The Morgan fingerprint density at radius 3 is 2.47 bits per heavy atom. The molecule has 0 radical (unpaired) electrons. The molecule has 0 spiro atoms. The van der Waals surface area contributed by atoms with Crippen molar-refractivity contribution in [3.8, 4) is 0 Å². The van der Waals surface area contributed by atoms with E-state index < -0.39 is 27.8 Å². The van der Waals surface area contributed by atoms with Crippen LogP contribution in [0.25, 0.3) is 0 Å². The Bertz CT molecular complexity index is 433. The first kappa shape index (κ1) is 12.1. The van der Waals surface area contributed by atoms with E-state index in [4.69, 9.17) is 5.73 Å². The van der Waals surface area contributed by atoms with Gasteiger partial charge in [0, 0.05) is 11.6 Å². The first-order valence-corrected chi connectivity index (χ1v) is 5.88. The highest BCUT2D eigenvalue weighted by molar-refractivity contribution is 7.86. The predicted octanol–water partition coefficient (Wildman–Crippen LogP) is 1.51. The van der Waals surface area contributed by atoms with Gasteiger partial charge in [-0.15, -0.1) is 3.89 Å². The van der Waals surface area contributed by atoms with Crippen molar-refractivity contribution in [2.45, 2.75) is 12.5 Å². The predicted molar refractivity (Wildman–Crippen MR) is 52.8 cm³/mol. The maximum absolute atomic E-state index is 13.1. The summed E-state index contributed by atoms with van der Waals surface area (Å²) in [7, 11) is -4.54. The van der Waals surface area contributed by atoms with Gasteiger partial charge in [-0.25, -0.2) is 4.39 Å². The van der Waals surface area contributed by atoms with Gasteiger partial charge >= 0.3 is 10.2 Å². The summed E-state index contributed by atoms with van der Waals surface area (Å²) in [6.45, 7) is 0. The third-order valence-corrected chi connectivity index (χ3v) is 2.70. The average molecular weight is 235 g/mol. The van der Waals surface area contributed by atoms with Crippen LogP contribution in [0.1, 0.15) is 18.0 Å². The lowest BCUT2D eigenvalue weighted by atomic mass is 10.1. The molecule has 1 aromatic carbocycles. The maximum atomic E-state index is 13.1. The molecule has 0 aliphatic rings. The van der Waals surface area contributed by atoms with E-state index in [1.807, 2.05) is 0 Å². The highest BCUT2D eigenvalue weighted by Gasteiger charge is 2.15. The standard InChI is InChI=1S/C9H11F2NO2S/c10-8-4-2-1-3-7(8)9(12)5-6-15(11,13)14/h1-4,9H,5-6,12H2. The molecule has 6 heteroatoms. The van der Waals surface area contributed by atoms with E-state index >= 15 is 0 Å². The van der Waals surface area contributed by atoms with E-state index in [-0.39, 0.29) is 12.0 Å². The summed E-state index contributed by atoms with van der Waals surface area (Å²) in [5.41, 5.74) is 5.73. The van der Waals surface area contributed by atoms with Gasteiger partial charge in [-0.1, -0.05) is 18.2 Å². The number of benzene rings is 1. The SMILES string of the molecule is NC(CCS(=O)(=O)F)c1ccccc1F. The molecule has 1 unspecified atom stereocenters. The summed E-state index contributed by atoms with van der Waals surface area (Å²) in [4.78, 5) is 0. The van der Waals surface area contributed by atoms with Crippen molar-refractivity contribution in [3.63, 3.8) is 0 Å². The number of halogens is 2. The van der Waals surface area contributed by atoms with Crippen LogP contribution in [0.2, 0.25) is 0 Å². The molecular formula is C9H11F2NO2S. The molecule has 84 valence electrons. The topological polar surface area (TPSA) is 60.2 Å². The van der Waals surface area contributed by atoms with E-state index in [2.05, 4.69) is 0 Å². The Balaban J connectivity index is 2.70. The van der Waals surface area contributed by atoms with Crippen LogP contribution in [0.3, 0.4) is 0 Å². The van der Waals surface area contributed by atoms with Gasteiger partial charge in [-0.05, 0) is 12.5 Å². The maximum Gasteiger partial charge on any atom is 0.302 e. The number of nitrogens with two attached hydrogens (primary N) is 1. The normalized spacial score (nSPS) is 13.8. The van der Waals surface area contributed by atoms with Gasteiger partial charge in [-0.2, -0.15) is 8.42 Å². The molecule has 3 nitrogen and oxygen atoms in total. The van der Waals surface area contributed by atoms with Gasteiger partial charge in [0.05, 0.1) is 5.75 Å². The molecule has 0 heterocycles. The van der Waals surface area contributed by atoms with Gasteiger partial charge in [0.15, 0.2) is 0 Å². The molecule has 0 aliphatic carbocycles. The lowest BCUT2D eigenvalue weighted by molar-refractivity contribution is 0.536. The fraction of sp³-hybridized carbons (Fsp3) is 0.333. The monoisotopic (exact) mass is 235 g/mol. The van der Waals surface area contributed by atoms with Crippen LogP contribution >= 0.6 is 0 Å². The van der Waals surface area contributed by atoms with Crippen molar-refractivity contribution >= 4 is 10.2 Å². The van der Waals surface area contributed by atoms with E-state index in [9.17, 15) is 16.7 Å². The number of rotatable bonds is 4. The third-order valence-electron chi connectivity index (χ3n) is 1.98. The van der Waals surface area contributed by atoms with Crippen molar-refractivity contribution in [3.05, 3.63) is 35.6 Å². The largest absolute Gasteiger partial charge is 0.324 e. The van der Waals surface area contributed by atoms with Crippen LogP contribution in [0.4, 0.5) is 8.28 Å². The minimum absolute atomic E-state index is 0.139. The molecule has 1 atom stereocenters. The lowest BCUT2D eigenvalue weighted by Crippen LogP contribution is -2.15. The van der Waals surface area contributed by atoms with Crippen LogP contribution in [-0.2, 0) is 10.2 Å². The number of hydrogen-bond acceptors (Lipinski definition) is 3. The Morgan fingerprint density at radius 1 is 1.33 bits per heavy atom. The molecule has 0 bridgehead atoms. The highest BCUT2D eigenvalue weighted by Crippen LogP contribution is 2.18. The fourth-order valence-corrected chi connectivity index (χ4v) is 1.73. The average Bonchev–Trinajstić information content (AvgIpc) is 2.14. The van der Waals surface area contributed by atoms with Crippen LogP contribution in [0.15, 0.2) is 24.3 Å². The molecule has 0 amide bonds. The Labute approximate surface area is 87.1 Å². The van der Waals surface area contributed by atoms with Crippen LogP contribution in [-0.4, -0.2) is 14.2 Å². The molecule has 0 aromatic heterocycles. The molecule has 0 saturated heterocycles. The van der Waals surface area contributed by atoms with Crippen LogP contribution in [0, 0.1) is 5.82 Å². The molecule has 15 heavy (non-hydrogen) atoms. The molecular weight excluding hydrogens is 224 g/mol. The smallest absolute Gasteiger partial charge is 0.302 e. The van der Waals surface area contributed by atoms with Gasteiger partial charge in [0.2, 0.25) is 0 Å². The Kier molecular flexibility index (Phi) is 3.76. The third kappa shape index (κ3) is 3.93. The summed E-state index contributed by atoms with van der Waals surface area (Å²) in [5, 5.41) is 0. The van der Waals surface area contributed by atoms with Gasteiger partial charge in [-0.3, -0.25) is 0 Å². The molecule has 1 rings (SSSR count). The summed E-state index contributed by atoms with van der Waals surface area (Å²) in [6.07, 6.45) is -0.139. The zero-order valence-corrected chi connectivity index (χ0v) is 8.68. The minimum atomic E-state index is -4.54. The first-order valence-electron chi connectivity index (χ1n) is 4.32. The second-order valence-corrected chi connectivity index (χ2v) is 4.65. The first-order chi connectivity index (χ1) is 6.90. The van der Waals surface area contributed by atoms with Gasteiger partial charge in [0.1, 0.15) is 5.82 Å². The molecule has 1 aromatic rings. The Hall–Kier alpha value is -1.01. The summed E-state index contributed by atoms with van der Waals surface area (Å²) in [6, 6.07) is 4.95. The second-order valence-electron chi connectivity index (χ2n) is 3.16. The van der Waals surface area contributed by atoms with Crippen molar-refractivity contribution in [1.29, 1.82) is 0 Å². The van der Waals surface area contributed by atoms with Gasteiger partial charge < -0.3 is 5.73 Å². The fourth-order valence-electron chi connectivity index (χ4n) is 1.20. The van der Waals surface area contributed by atoms with Crippen LogP contribution in [0.5, 0.6) is 0 Å². The van der Waals surface area contributed by atoms with Crippen molar-refractivity contribution < 1.29 is 16.7 Å². The molecule has 0 aliphatic heterocycles. The second kappa shape index (κ2) is 4.67. The minimum Gasteiger partial charge on any atom is -0.324 e. The van der Waals surface area contributed by atoms with E-state index in [0.717, 1.165) is 0 Å². The molecule has 2 N–H and O–H groups in total. The summed E-state index contributed by atoms with van der Waals surface area (Å²) in [5.74, 6) is -1.20. The van der Waals surface area contributed by atoms with Crippen molar-refractivity contribution in [2.24, 2.45) is 5.73 Å². The quantitative estimate of drug-likeness (QED) is 0.805. The zero-order chi connectivity index (χ0) is 11.5. The van der Waals surface area contributed by atoms with Gasteiger partial charge in [0.25, 0.3) is 0 Å². The summed E-state index contributed by atoms with van der Waals surface area (Å²) < 4.78 is 45.8. The summed E-state index contributed by atoms with van der Waals surface area (Å²) >= 11 is 0. The Morgan fingerprint density at radius 2 is 1.93 bits per heavy atom. The van der Waals surface area contributed by atoms with Crippen LogP contribution < -0.4 is 5.73 Å². The van der Waals surface area contributed by atoms with E-state index in [1.165, 1.54) is 18.2 Å². The van der Waals surface area contributed by atoms with E-state index in [0.29, 0.717) is 0 Å². The van der Waals surface area contributed by atoms with E-state index in [1.54, 1.807) is 6.07 Å². The zero-order valence-electron chi connectivity index (χ0n) is 7.86. The lowest BCUT2D eigenvalue weighted by Gasteiger charge is -2.11. The van der Waals surface area contributed by atoms with Crippen molar-refractivity contribution in [2.75, 3.05) is 5.75 Å². The highest BCUT2D eigenvalue weighted by atomic mass is 32.3. The molecule has 0 saturated carbocycles. The van der Waals surface area contributed by atoms with Crippen molar-refractivity contribution in [1.82, 2.24) is 0 Å². The number of hydrogen-bond donors (Lipinski definition) is 1.